The van der Waals surface area contributed by atoms with Crippen molar-refractivity contribution in [1.82, 2.24) is 23.5 Å². The Labute approximate surface area is 254 Å². The molecule has 0 amide bonds. The van der Waals surface area contributed by atoms with E-state index < -0.39 is 10.0 Å². The Morgan fingerprint density at radius 2 is 1.75 bits per heavy atom. The van der Waals surface area contributed by atoms with Gasteiger partial charge < -0.3 is 34.1 Å². The van der Waals surface area contributed by atoms with Crippen molar-refractivity contribution in [2.75, 3.05) is 44.7 Å². The van der Waals surface area contributed by atoms with Crippen LogP contribution in [0.5, 0.6) is 17.2 Å². The number of ether oxygens (including phenoxy) is 3. The van der Waals surface area contributed by atoms with Crippen LogP contribution in [0, 0.1) is 6.92 Å². The summed E-state index contributed by atoms with van der Waals surface area (Å²) in [4.78, 5) is 16.1. The number of nitrogens with one attached hydrogen (secondary N) is 1. The van der Waals surface area contributed by atoms with Gasteiger partial charge in [0.2, 0.25) is 11.7 Å². The summed E-state index contributed by atoms with van der Waals surface area (Å²) in [5.41, 5.74) is 1.87. The minimum Gasteiger partial charge on any atom is -0.493 e. The Morgan fingerprint density at radius 1 is 1.02 bits per heavy atom. The number of hydrogen-bond acceptors (Lipinski definition) is 11. The highest BCUT2D eigenvalue weighted by molar-refractivity contribution is 7.90. The number of rotatable bonds is 10. The van der Waals surface area contributed by atoms with Gasteiger partial charge in [-0.2, -0.15) is 9.97 Å². The average Bonchev–Trinajstić information content (AvgIpc) is 3.80. The van der Waals surface area contributed by atoms with Gasteiger partial charge in [0.05, 0.1) is 56.1 Å². The van der Waals surface area contributed by atoms with E-state index in [4.69, 9.17) is 19.2 Å². The van der Waals surface area contributed by atoms with Crippen LogP contribution in [0.2, 0.25) is 0 Å². The van der Waals surface area contributed by atoms with Crippen molar-refractivity contribution < 1.29 is 27.7 Å². The predicted molar refractivity (Wildman–Crippen MR) is 165 cm³/mol. The SMILES string of the molecule is COc1cc(-n2cnc(Nc3nc(N4CCC[C@H]4CO)c4ccn(S(=O)(=O)c5ccc(C)cc5)c4n3)c2)cc(OC)c1OC. The highest BCUT2D eigenvalue weighted by atomic mass is 32.2. The molecular formula is C30H33N7O6S. The maximum absolute atomic E-state index is 13.7. The lowest BCUT2D eigenvalue weighted by molar-refractivity contribution is 0.266. The minimum absolute atomic E-state index is 0.0458. The molecule has 1 aliphatic heterocycles. The van der Waals surface area contributed by atoms with Crippen LogP contribution in [0.4, 0.5) is 17.6 Å². The first-order valence-corrected chi connectivity index (χ1v) is 15.4. The van der Waals surface area contributed by atoms with Gasteiger partial charge in [-0.3, -0.25) is 0 Å². The van der Waals surface area contributed by atoms with Gasteiger partial charge >= 0.3 is 0 Å². The van der Waals surface area contributed by atoms with Crippen LogP contribution >= 0.6 is 0 Å². The molecular weight excluding hydrogens is 586 g/mol. The number of fused-ring (bicyclic) bond motifs is 1. The number of imidazole rings is 1. The number of aryl methyl sites for hydroxylation is 1. The van der Waals surface area contributed by atoms with E-state index in [1.165, 1.54) is 17.3 Å². The smallest absolute Gasteiger partial charge is 0.269 e. The van der Waals surface area contributed by atoms with E-state index in [0.717, 1.165) is 18.4 Å². The summed E-state index contributed by atoms with van der Waals surface area (Å²) in [6.45, 7) is 2.52. The molecule has 1 atom stereocenters. The fraction of sp³-hybridized carbons (Fsp3) is 0.300. The van der Waals surface area contributed by atoms with Crippen LogP contribution in [0.3, 0.4) is 0 Å². The molecule has 0 radical (unpaired) electrons. The highest BCUT2D eigenvalue weighted by Crippen LogP contribution is 2.39. The zero-order valence-corrected chi connectivity index (χ0v) is 25.6. The van der Waals surface area contributed by atoms with Crippen LogP contribution in [0.25, 0.3) is 16.7 Å². The summed E-state index contributed by atoms with van der Waals surface area (Å²) in [7, 11) is 0.668. The van der Waals surface area contributed by atoms with E-state index in [0.29, 0.717) is 46.5 Å². The first kappa shape index (κ1) is 29.3. The van der Waals surface area contributed by atoms with Gasteiger partial charge in [-0.25, -0.2) is 17.4 Å². The number of aliphatic hydroxyl groups excluding tert-OH is 1. The summed E-state index contributed by atoms with van der Waals surface area (Å²) in [5, 5.41) is 13.8. The Kier molecular flexibility index (Phi) is 7.78. The number of aromatic nitrogens is 5. The maximum Gasteiger partial charge on any atom is 0.269 e. The van der Waals surface area contributed by atoms with Gasteiger partial charge in [0.15, 0.2) is 23.0 Å². The number of hydrogen-bond donors (Lipinski definition) is 2. The van der Waals surface area contributed by atoms with E-state index in [2.05, 4.69) is 15.3 Å². The lowest BCUT2D eigenvalue weighted by Gasteiger charge is -2.25. The van der Waals surface area contributed by atoms with Crippen molar-refractivity contribution in [3.63, 3.8) is 0 Å². The van der Waals surface area contributed by atoms with Gasteiger partial charge in [0.1, 0.15) is 12.1 Å². The first-order valence-electron chi connectivity index (χ1n) is 14.0. The Hall–Kier alpha value is -4.82. The molecule has 0 unspecified atom stereocenters. The molecule has 1 fully saturated rings. The molecule has 0 bridgehead atoms. The van der Waals surface area contributed by atoms with Crippen molar-refractivity contribution in [3.8, 4) is 22.9 Å². The second-order valence-electron chi connectivity index (χ2n) is 10.4. The molecule has 14 heteroatoms. The lowest BCUT2D eigenvalue weighted by Crippen LogP contribution is -2.33. The summed E-state index contributed by atoms with van der Waals surface area (Å²) in [6, 6.07) is 11.8. The van der Waals surface area contributed by atoms with Crippen molar-refractivity contribution in [2.45, 2.75) is 30.7 Å². The third kappa shape index (κ3) is 5.15. The molecule has 1 aliphatic rings. The summed E-state index contributed by atoms with van der Waals surface area (Å²) in [6.07, 6.45) is 6.51. The standard InChI is InChI=1S/C30H33N7O6S/c1-19-7-9-22(10-8-19)44(39,40)37-13-11-23-28(36-12-5-6-20(36)17-38)33-30(34-29(23)37)32-26-16-35(18-31-26)21-14-24(41-2)27(43-4)25(15-21)42-3/h7-11,13-16,18,20,38H,5-6,12,17H2,1-4H3,(H,32,33,34)/t20-/m0/s1. The van der Waals surface area contributed by atoms with Crippen molar-refractivity contribution in [1.29, 1.82) is 0 Å². The number of benzene rings is 2. The summed E-state index contributed by atoms with van der Waals surface area (Å²) >= 11 is 0. The molecule has 13 nitrogen and oxygen atoms in total. The molecule has 0 aliphatic carbocycles. The monoisotopic (exact) mass is 619 g/mol. The molecule has 0 saturated carbocycles. The second kappa shape index (κ2) is 11.7. The van der Waals surface area contributed by atoms with E-state index in [1.54, 1.807) is 73.8 Å². The number of anilines is 3. The van der Waals surface area contributed by atoms with Gasteiger partial charge in [0, 0.05) is 24.9 Å². The average molecular weight is 620 g/mol. The third-order valence-corrected chi connectivity index (χ3v) is 9.38. The van der Waals surface area contributed by atoms with Crippen LogP contribution in [0.1, 0.15) is 18.4 Å². The summed E-state index contributed by atoms with van der Waals surface area (Å²) in [5.74, 6) is 2.56. The molecule has 3 aromatic heterocycles. The van der Waals surface area contributed by atoms with Gasteiger partial charge in [-0.1, -0.05) is 17.7 Å². The normalized spacial score (nSPS) is 15.1. The van der Waals surface area contributed by atoms with E-state index >= 15 is 0 Å². The maximum atomic E-state index is 13.7. The molecule has 1 saturated heterocycles. The lowest BCUT2D eigenvalue weighted by atomic mass is 10.2. The molecule has 44 heavy (non-hydrogen) atoms. The Bertz CT molecular complexity index is 1900. The highest BCUT2D eigenvalue weighted by Gasteiger charge is 2.30. The largest absolute Gasteiger partial charge is 0.493 e. The van der Waals surface area contributed by atoms with Crippen LogP contribution in [-0.4, -0.2) is 77.5 Å². The van der Waals surface area contributed by atoms with Crippen molar-refractivity contribution in [2.24, 2.45) is 0 Å². The fourth-order valence-corrected chi connectivity index (χ4v) is 6.73. The van der Waals surface area contributed by atoms with Gasteiger partial charge in [-0.15, -0.1) is 0 Å². The topological polar surface area (TPSA) is 146 Å². The van der Waals surface area contributed by atoms with Crippen LogP contribution in [0.15, 0.2) is 66.1 Å². The second-order valence-corrected chi connectivity index (χ2v) is 12.2. The Balaban J connectivity index is 1.42. The molecule has 2 aromatic carbocycles. The van der Waals surface area contributed by atoms with E-state index in [1.807, 2.05) is 11.8 Å². The molecule has 4 heterocycles. The van der Waals surface area contributed by atoms with Crippen molar-refractivity contribution in [3.05, 3.63) is 66.7 Å². The fourth-order valence-electron chi connectivity index (χ4n) is 5.43. The quantitative estimate of drug-likeness (QED) is 0.235. The van der Waals surface area contributed by atoms with Crippen molar-refractivity contribution >= 4 is 38.6 Å². The molecule has 230 valence electrons. The van der Waals surface area contributed by atoms with E-state index in [-0.39, 0.29) is 29.1 Å². The molecule has 5 aromatic rings. The summed E-state index contributed by atoms with van der Waals surface area (Å²) < 4.78 is 46.8. The first-order chi connectivity index (χ1) is 21.3. The van der Waals surface area contributed by atoms with Gasteiger partial charge in [0.25, 0.3) is 10.0 Å². The van der Waals surface area contributed by atoms with Crippen LogP contribution < -0.4 is 24.4 Å². The number of nitrogens with zero attached hydrogens (tertiary/aromatic N) is 6. The predicted octanol–water partition coefficient (Wildman–Crippen LogP) is 3.89. The molecule has 2 N–H and O–H groups in total. The zero-order valence-electron chi connectivity index (χ0n) is 24.8. The minimum atomic E-state index is -3.96. The molecule has 6 rings (SSSR count). The molecule has 0 spiro atoms. The van der Waals surface area contributed by atoms with Crippen LogP contribution in [-0.2, 0) is 10.0 Å². The zero-order chi connectivity index (χ0) is 31.0. The third-order valence-electron chi connectivity index (χ3n) is 7.70. The Morgan fingerprint density at radius 3 is 2.41 bits per heavy atom. The van der Waals surface area contributed by atoms with E-state index in [9.17, 15) is 13.5 Å². The number of methoxy groups -OCH3 is 3. The van der Waals surface area contributed by atoms with Gasteiger partial charge in [-0.05, 0) is 38.0 Å². The number of aliphatic hydroxyl groups is 1.